The Hall–Kier alpha value is -3.81. The van der Waals surface area contributed by atoms with Gasteiger partial charge in [-0.1, -0.05) is 36.8 Å². The summed E-state index contributed by atoms with van der Waals surface area (Å²) in [5.41, 5.74) is 12.0. The summed E-state index contributed by atoms with van der Waals surface area (Å²) in [5.74, 6) is -6.45. The van der Waals surface area contributed by atoms with E-state index >= 15 is 0 Å². The summed E-state index contributed by atoms with van der Waals surface area (Å²) in [7, 11) is 0. The summed E-state index contributed by atoms with van der Waals surface area (Å²) in [5, 5.41) is 50.9. The molecule has 0 fully saturated rings. The van der Waals surface area contributed by atoms with Crippen LogP contribution in [-0.2, 0) is 35.2 Å². The predicted molar refractivity (Wildman–Crippen MR) is 173 cm³/mol. The maximum Gasteiger partial charge on any atom is 0.327 e. The van der Waals surface area contributed by atoms with E-state index in [-0.39, 0.29) is 18.6 Å². The molecule has 0 saturated heterocycles. The molecule has 0 aliphatic rings. The lowest BCUT2D eigenvalue weighted by molar-refractivity contribution is -0.142. The minimum Gasteiger partial charge on any atom is -0.480 e. The van der Waals surface area contributed by atoms with E-state index in [0.717, 1.165) is 0 Å². The Bertz CT molecular complexity index is 1190. The molecule has 0 unspecified atom stereocenters. The third-order valence-electron chi connectivity index (χ3n) is 6.96. The number of nitrogens with one attached hydrogen (secondary N) is 5. The average molecular weight is 686 g/mol. The zero-order valence-corrected chi connectivity index (χ0v) is 27.2. The van der Waals surface area contributed by atoms with Crippen LogP contribution >= 0.6 is 12.6 Å². The van der Waals surface area contributed by atoms with Gasteiger partial charge in [0.1, 0.15) is 30.2 Å². The largest absolute Gasteiger partial charge is 0.480 e. The first-order valence-electron chi connectivity index (χ1n) is 15.0. The number of aliphatic carboxylic acids is 1. The van der Waals surface area contributed by atoms with E-state index in [4.69, 9.17) is 16.6 Å². The number of aliphatic hydroxyl groups excluding tert-OH is 3. The Labute approximate surface area is 278 Å². The van der Waals surface area contributed by atoms with Crippen molar-refractivity contribution in [2.45, 2.75) is 88.0 Å². The maximum absolute atomic E-state index is 13.5. The molecule has 5 amide bonds. The molecule has 0 radical (unpaired) electrons. The lowest BCUT2D eigenvalue weighted by Gasteiger charge is -2.28. The van der Waals surface area contributed by atoms with Gasteiger partial charge in [-0.05, 0) is 38.8 Å². The third-order valence-corrected chi connectivity index (χ3v) is 7.32. The van der Waals surface area contributed by atoms with Gasteiger partial charge in [0.15, 0.2) is 0 Å². The summed E-state index contributed by atoms with van der Waals surface area (Å²) >= 11 is 3.84. The van der Waals surface area contributed by atoms with Crippen molar-refractivity contribution in [2.75, 3.05) is 18.9 Å². The Balaban J connectivity index is 3.18. The highest BCUT2D eigenvalue weighted by Crippen LogP contribution is 2.07. The molecule has 17 nitrogen and oxygen atoms in total. The van der Waals surface area contributed by atoms with E-state index in [0.29, 0.717) is 24.9 Å². The van der Waals surface area contributed by atoms with Gasteiger partial charge in [-0.15, -0.1) is 0 Å². The number of thiol groups is 1. The molecule has 0 aromatic heterocycles. The van der Waals surface area contributed by atoms with Gasteiger partial charge in [-0.3, -0.25) is 24.0 Å². The molecule has 18 heteroatoms. The number of unbranched alkanes of at least 4 members (excludes halogenated alkanes) is 1. The Morgan fingerprint density at radius 2 is 1.23 bits per heavy atom. The lowest BCUT2D eigenvalue weighted by Crippen LogP contribution is -2.63. The molecule has 1 rings (SSSR count). The molecule has 47 heavy (non-hydrogen) atoms. The Morgan fingerprint density at radius 3 is 1.70 bits per heavy atom. The fraction of sp³-hybridized carbons (Fsp3) is 0.586. The molecule has 0 aliphatic heterocycles. The van der Waals surface area contributed by atoms with Crippen LogP contribution in [0.5, 0.6) is 0 Å². The van der Waals surface area contributed by atoms with E-state index in [2.05, 4.69) is 39.2 Å². The van der Waals surface area contributed by atoms with E-state index in [1.165, 1.54) is 13.8 Å². The van der Waals surface area contributed by atoms with Gasteiger partial charge in [0.25, 0.3) is 0 Å². The standard InChI is InChI=1S/C29H47N7O10S/c1-15(38)22(35-24(40)18(31)10-6-7-11-30)27(43)32-19(12-17-8-4-3-5-9-17)25(41)36-23(16(2)39)28(44)33-20(13-37)26(42)34-21(14-47)29(45)46/h3-5,8-9,15-16,18-23,37-39,47H,6-7,10-14,30-31H2,1-2H3,(H,32,43)(H,33,44)(H,34,42)(H,35,40)(H,36,41)(H,45,46)/t15-,16-,18+,19+,20+,21+,22+,23+/m1/s1. The molecule has 1 aromatic carbocycles. The van der Waals surface area contributed by atoms with Gasteiger partial charge in [-0.2, -0.15) is 12.6 Å². The molecule has 0 heterocycles. The topological polar surface area (TPSA) is 296 Å². The van der Waals surface area contributed by atoms with Crippen molar-refractivity contribution in [1.29, 1.82) is 0 Å². The van der Waals surface area contributed by atoms with Crippen LogP contribution in [0.2, 0.25) is 0 Å². The van der Waals surface area contributed by atoms with E-state index in [1.54, 1.807) is 30.3 Å². The number of amides is 5. The first-order chi connectivity index (χ1) is 22.2. The third kappa shape index (κ3) is 14.2. The van der Waals surface area contributed by atoms with Gasteiger partial charge in [0.05, 0.1) is 24.9 Å². The number of hydrogen-bond donors (Lipinski definition) is 12. The SMILES string of the molecule is C[C@@H](O)[C@H](NC(=O)[C@H](Cc1ccccc1)NC(=O)[C@@H](NC(=O)[C@@H](N)CCCCN)[C@@H](C)O)C(=O)N[C@@H](CO)C(=O)N[C@@H](CS)C(=O)O. The van der Waals surface area contributed by atoms with Crippen LogP contribution in [0.25, 0.3) is 0 Å². The number of carbonyl (C=O) groups is 6. The second-order valence-corrected chi connectivity index (χ2v) is 11.3. The molecular formula is C29H47N7O10S. The second-order valence-electron chi connectivity index (χ2n) is 10.9. The number of rotatable bonds is 21. The quantitative estimate of drug-likeness (QED) is 0.0434. The molecule has 264 valence electrons. The van der Waals surface area contributed by atoms with Crippen LogP contribution in [0.15, 0.2) is 30.3 Å². The fourth-order valence-electron chi connectivity index (χ4n) is 4.20. The highest BCUT2D eigenvalue weighted by molar-refractivity contribution is 7.80. The van der Waals surface area contributed by atoms with Crippen molar-refractivity contribution in [3.8, 4) is 0 Å². The first kappa shape index (κ1) is 41.2. The monoisotopic (exact) mass is 685 g/mol. The van der Waals surface area contributed by atoms with Crippen LogP contribution in [0.1, 0.15) is 38.7 Å². The number of hydrogen-bond acceptors (Lipinski definition) is 12. The molecule has 0 saturated carbocycles. The second kappa shape index (κ2) is 21.1. The van der Waals surface area contributed by atoms with Crippen molar-refractivity contribution in [2.24, 2.45) is 11.5 Å². The van der Waals surface area contributed by atoms with Crippen LogP contribution in [0.4, 0.5) is 0 Å². The van der Waals surface area contributed by atoms with E-state index in [9.17, 15) is 44.1 Å². The molecule has 0 bridgehead atoms. The molecule has 8 atom stereocenters. The van der Waals surface area contributed by atoms with Crippen LogP contribution in [0, 0.1) is 0 Å². The number of nitrogens with two attached hydrogens (primary N) is 2. The zero-order valence-electron chi connectivity index (χ0n) is 26.3. The minimum atomic E-state index is -1.71. The maximum atomic E-state index is 13.5. The van der Waals surface area contributed by atoms with Gasteiger partial charge < -0.3 is 58.5 Å². The number of aliphatic hydroxyl groups is 3. The normalized spacial score (nSPS) is 16.2. The van der Waals surface area contributed by atoms with Crippen molar-refractivity contribution < 1.29 is 49.2 Å². The van der Waals surface area contributed by atoms with E-state index < -0.39 is 90.6 Å². The van der Waals surface area contributed by atoms with Gasteiger partial charge >= 0.3 is 5.97 Å². The number of carbonyl (C=O) groups excluding carboxylic acids is 5. The zero-order chi connectivity index (χ0) is 35.7. The highest BCUT2D eigenvalue weighted by Gasteiger charge is 2.35. The predicted octanol–water partition coefficient (Wildman–Crippen LogP) is -4.12. The average Bonchev–Trinajstić information content (AvgIpc) is 3.02. The highest BCUT2D eigenvalue weighted by atomic mass is 32.1. The number of carboxylic acids is 1. The summed E-state index contributed by atoms with van der Waals surface area (Å²) in [4.78, 5) is 76.3. The van der Waals surface area contributed by atoms with Crippen molar-refractivity contribution in [3.63, 3.8) is 0 Å². The number of benzene rings is 1. The van der Waals surface area contributed by atoms with Crippen molar-refractivity contribution in [1.82, 2.24) is 26.6 Å². The number of carboxylic acid groups (broad SMARTS) is 1. The van der Waals surface area contributed by atoms with Crippen LogP contribution < -0.4 is 38.1 Å². The summed E-state index contributed by atoms with van der Waals surface area (Å²) in [6, 6.07) is -0.257. The van der Waals surface area contributed by atoms with Crippen molar-refractivity contribution >= 4 is 48.1 Å². The summed E-state index contributed by atoms with van der Waals surface area (Å²) < 4.78 is 0. The summed E-state index contributed by atoms with van der Waals surface area (Å²) in [6.07, 6.45) is -1.59. The van der Waals surface area contributed by atoms with Crippen molar-refractivity contribution in [3.05, 3.63) is 35.9 Å². The first-order valence-corrected chi connectivity index (χ1v) is 15.6. The fourth-order valence-corrected chi connectivity index (χ4v) is 4.45. The molecule has 0 aliphatic carbocycles. The molecule has 0 spiro atoms. The Kier molecular flexibility index (Phi) is 18.5. The van der Waals surface area contributed by atoms with Crippen LogP contribution in [-0.4, -0.2) is 123 Å². The van der Waals surface area contributed by atoms with Gasteiger partial charge in [0.2, 0.25) is 29.5 Å². The van der Waals surface area contributed by atoms with Gasteiger partial charge in [0, 0.05) is 12.2 Å². The minimum absolute atomic E-state index is 0.117. The lowest BCUT2D eigenvalue weighted by atomic mass is 10.0. The molecule has 13 N–H and O–H groups in total. The molecular weight excluding hydrogens is 638 g/mol. The van der Waals surface area contributed by atoms with E-state index in [1.807, 2.05) is 0 Å². The smallest absolute Gasteiger partial charge is 0.327 e. The van der Waals surface area contributed by atoms with Crippen LogP contribution in [0.3, 0.4) is 0 Å². The molecule has 1 aromatic rings. The summed E-state index contributed by atoms with van der Waals surface area (Å²) in [6.45, 7) is 1.89. The van der Waals surface area contributed by atoms with Gasteiger partial charge in [-0.25, -0.2) is 4.79 Å². The Morgan fingerprint density at radius 1 is 0.745 bits per heavy atom.